The molecule has 0 amide bonds. The molecule has 0 radical (unpaired) electrons. The number of aldehydes is 1. The molecule has 0 fully saturated rings. The van der Waals surface area contributed by atoms with Gasteiger partial charge in [-0.1, -0.05) is 0 Å². The lowest BCUT2D eigenvalue weighted by Crippen LogP contribution is -1.97. The summed E-state index contributed by atoms with van der Waals surface area (Å²) in [6, 6.07) is 2.31. The van der Waals surface area contributed by atoms with Gasteiger partial charge in [-0.05, 0) is 12.3 Å². The monoisotopic (exact) mass is 177 g/mol. The second-order valence-corrected chi connectivity index (χ2v) is 2.57. The van der Waals surface area contributed by atoms with Crippen molar-refractivity contribution in [3.63, 3.8) is 0 Å². The lowest BCUT2D eigenvalue weighted by Gasteiger charge is -1.95. The molecule has 13 heavy (non-hydrogen) atoms. The minimum Gasteiger partial charge on any atom is -0.359 e. The first-order valence-corrected chi connectivity index (χ1v) is 4.04. The second kappa shape index (κ2) is 4.99. The first-order valence-electron chi connectivity index (χ1n) is 4.04. The minimum atomic E-state index is 0.567. The Labute approximate surface area is 76.7 Å². The van der Waals surface area contributed by atoms with Crippen LogP contribution in [0, 0.1) is 12.0 Å². The topological polar surface area (TPSA) is 60.9 Å². The highest BCUT2D eigenvalue weighted by Gasteiger charge is 1.94. The Bertz CT molecular complexity index is 332. The van der Waals surface area contributed by atoms with Gasteiger partial charge < -0.3 is 10.5 Å². The Morgan fingerprint density at radius 3 is 3.23 bits per heavy atom. The van der Waals surface area contributed by atoms with Gasteiger partial charge in [-0.15, -0.1) is 0 Å². The van der Waals surface area contributed by atoms with Crippen molar-refractivity contribution in [2.24, 2.45) is 5.73 Å². The number of nitrogens with two attached hydrogens (primary N) is 1. The Balaban J connectivity index is 2.47. The van der Waals surface area contributed by atoms with E-state index in [1.54, 1.807) is 10.9 Å². The van der Waals surface area contributed by atoms with Crippen molar-refractivity contribution >= 4 is 6.29 Å². The molecular formula is C9H11N3O. The fourth-order valence-electron chi connectivity index (χ4n) is 0.970. The highest BCUT2D eigenvalue weighted by molar-refractivity contribution is 5.48. The summed E-state index contributed by atoms with van der Waals surface area (Å²) in [6.45, 7) is 0.741. The summed E-state index contributed by atoms with van der Waals surface area (Å²) < 4.78 is 1.75. The molecule has 0 saturated heterocycles. The van der Waals surface area contributed by atoms with Crippen LogP contribution in [0.25, 0.3) is 0 Å². The average Bonchev–Trinajstić information content (AvgIpc) is 2.54. The zero-order chi connectivity index (χ0) is 9.52. The Hall–Kier alpha value is -1.76. The maximum atomic E-state index is 10.0. The first kappa shape index (κ1) is 9.33. The molecule has 68 valence electrons. The van der Waals surface area contributed by atoms with E-state index in [0.29, 0.717) is 6.42 Å². The molecular weight excluding hydrogens is 166 g/mol. The van der Waals surface area contributed by atoms with Crippen LogP contribution in [0.1, 0.15) is 18.4 Å². The number of rotatable bonds is 4. The standard InChI is InChI=1S/C9H11N3O/c10-4-3-9-7-11-12(8-9)5-1-2-6-13/h6-8H,1-2,5,10H2. The minimum absolute atomic E-state index is 0.567. The lowest BCUT2D eigenvalue weighted by molar-refractivity contribution is -0.107. The molecule has 4 nitrogen and oxygen atoms in total. The molecule has 0 aliphatic heterocycles. The highest BCUT2D eigenvalue weighted by atomic mass is 16.1. The predicted molar refractivity (Wildman–Crippen MR) is 48.6 cm³/mol. The summed E-state index contributed by atoms with van der Waals surface area (Å²) in [5.41, 5.74) is 5.85. The van der Waals surface area contributed by atoms with Gasteiger partial charge >= 0.3 is 0 Å². The van der Waals surface area contributed by atoms with Crippen molar-refractivity contribution in [3.05, 3.63) is 18.0 Å². The molecule has 0 bridgehead atoms. The van der Waals surface area contributed by atoms with Crippen LogP contribution in [0.3, 0.4) is 0 Å². The summed E-state index contributed by atoms with van der Waals surface area (Å²) in [7, 11) is 0. The van der Waals surface area contributed by atoms with E-state index in [9.17, 15) is 4.79 Å². The van der Waals surface area contributed by atoms with Gasteiger partial charge in [0.1, 0.15) is 6.29 Å². The molecule has 0 aliphatic carbocycles. The lowest BCUT2D eigenvalue weighted by atomic mass is 10.3. The highest BCUT2D eigenvalue weighted by Crippen LogP contribution is 1.97. The molecule has 0 unspecified atom stereocenters. The third kappa shape index (κ3) is 2.99. The SMILES string of the molecule is NC#Cc1cnn(CCCC=O)c1. The normalized spacial score (nSPS) is 8.92. The van der Waals surface area contributed by atoms with E-state index in [1.807, 2.05) is 6.20 Å². The zero-order valence-electron chi connectivity index (χ0n) is 7.23. The summed E-state index contributed by atoms with van der Waals surface area (Å²) in [5.74, 6) is 2.69. The van der Waals surface area contributed by atoms with Crippen LogP contribution in [-0.2, 0) is 11.3 Å². The predicted octanol–water partition coefficient (Wildman–Crippen LogP) is 0.130. The number of carbonyl (C=O) groups is 1. The van der Waals surface area contributed by atoms with Crippen molar-refractivity contribution in [2.45, 2.75) is 19.4 Å². The average molecular weight is 177 g/mol. The van der Waals surface area contributed by atoms with Gasteiger partial charge in [0.05, 0.1) is 11.8 Å². The van der Waals surface area contributed by atoms with E-state index in [0.717, 1.165) is 24.8 Å². The molecule has 0 spiro atoms. The Morgan fingerprint density at radius 1 is 1.69 bits per heavy atom. The molecule has 0 aromatic carbocycles. The molecule has 1 heterocycles. The second-order valence-electron chi connectivity index (χ2n) is 2.57. The molecule has 1 aromatic heterocycles. The molecule has 1 rings (SSSR count). The number of carbonyl (C=O) groups excluding carboxylic acids is 1. The largest absolute Gasteiger partial charge is 0.359 e. The molecule has 2 N–H and O–H groups in total. The van der Waals surface area contributed by atoms with E-state index in [1.165, 1.54) is 0 Å². The van der Waals surface area contributed by atoms with Crippen molar-refractivity contribution in [2.75, 3.05) is 0 Å². The van der Waals surface area contributed by atoms with Gasteiger partial charge in [0, 0.05) is 25.2 Å². The Morgan fingerprint density at radius 2 is 2.54 bits per heavy atom. The van der Waals surface area contributed by atoms with Gasteiger partial charge in [0.2, 0.25) is 0 Å². The van der Waals surface area contributed by atoms with E-state index < -0.39 is 0 Å². The first-order chi connectivity index (χ1) is 6.36. The van der Waals surface area contributed by atoms with Gasteiger partial charge in [0.25, 0.3) is 0 Å². The van der Waals surface area contributed by atoms with Gasteiger partial charge in [0.15, 0.2) is 0 Å². The number of nitrogens with zero attached hydrogens (tertiary/aromatic N) is 2. The number of unbranched alkanes of at least 4 members (excludes halogenated alkanes) is 1. The van der Waals surface area contributed by atoms with E-state index in [4.69, 9.17) is 5.73 Å². The zero-order valence-corrected chi connectivity index (χ0v) is 7.23. The molecule has 0 aliphatic rings. The van der Waals surface area contributed by atoms with Crippen LogP contribution < -0.4 is 5.73 Å². The number of hydrogen-bond donors (Lipinski definition) is 1. The van der Waals surface area contributed by atoms with E-state index in [2.05, 4.69) is 17.1 Å². The van der Waals surface area contributed by atoms with Crippen molar-refractivity contribution < 1.29 is 4.79 Å². The van der Waals surface area contributed by atoms with Crippen LogP contribution in [0.4, 0.5) is 0 Å². The van der Waals surface area contributed by atoms with Crippen LogP contribution in [0.5, 0.6) is 0 Å². The van der Waals surface area contributed by atoms with Gasteiger partial charge in [-0.25, -0.2) is 0 Å². The van der Waals surface area contributed by atoms with Crippen LogP contribution in [0.15, 0.2) is 12.4 Å². The number of hydrogen-bond acceptors (Lipinski definition) is 3. The van der Waals surface area contributed by atoms with Crippen molar-refractivity contribution in [1.82, 2.24) is 9.78 Å². The van der Waals surface area contributed by atoms with Gasteiger partial charge in [-0.2, -0.15) is 5.10 Å². The molecule has 0 atom stereocenters. The third-order valence-electron chi connectivity index (χ3n) is 1.56. The van der Waals surface area contributed by atoms with Crippen molar-refractivity contribution in [3.8, 4) is 12.0 Å². The summed E-state index contributed by atoms with van der Waals surface area (Å²) in [5, 5.41) is 4.05. The van der Waals surface area contributed by atoms with Crippen LogP contribution in [0.2, 0.25) is 0 Å². The Kier molecular flexibility index (Phi) is 3.58. The number of aromatic nitrogens is 2. The van der Waals surface area contributed by atoms with Gasteiger partial charge in [-0.3, -0.25) is 4.68 Å². The van der Waals surface area contributed by atoms with Crippen LogP contribution in [-0.4, -0.2) is 16.1 Å². The van der Waals surface area contributed by atoms with E-state index >= 15 is 0 Å². The number of aryl methyl sites for hydroxylation is 1. The molecule has 0 saturated carbocycles. The van der Waals surface area contributed by atoms with Crippen molar-refractivity contribution in [1.29, 1.82) is 0 Å². The summed E-state index contributed by atoms with van der Waals surface area (Å²) >= 11 is 0. The third-order valence-corrected chi connectivity index (χ3v) is 1.56. The smallest absolute Gasteiger partial charge is 0.120 e. The fraction of sp³-hybridized carbons (Fsp3) is 0.333. The summed E-state index contributed by atoms with van der Waals surface area (Å²) in [4.78, 5) is 10.0. The maximum Gasteiger partial charge on any atom is 0.120 e. The fourth-order valence-corrected chi connectivity index (χ4v) is 0.970. The van der Waals surface area contributed by atoms with Crippen LogP contribution >= 0.6 is 0 Å². The summed E-state index contributed by atoms with van der Waals surface area (Å²) in [6.07, 6.45) is 5.74. The molecule has 1 aromatic rings. The maximum absolute atomic E-state index is 10.0. The van der Waals surface area contributed by atoms with E-state index in [-0.39, 0.29) is 0 Å². The molecule has 4 heteroatoms. The quantitative estimate of drug-likeness (QED) is 0.308.